The van der Waals surface area contributed by atoms with Gasteiger partial charge in [-0.2, -0.15) is 0 Å². The zero-order valence-corrected chi connectivity index (χ0v) is 14.6. The van der Waals surface area contributed by atoms with Gasteiger partial charge in [0.15, 0.2) is 0 Å². The summed E-state index contributed by atoms with van der Waals surface area (Å²) in [5, 5.41) is 7.47. The van der Waals surface area contributed by atoms with Crippen molar-refractivity contribution in [3.05, 3.63) is 29.7 Å². The average Bonchev–Trinajstić information content (AvgIpc) is 2.93. The topological polar surface area (TPSA) is 76.5 Å². The number of hydrogen-bond acceptors (Lipinski definition) is 6. The molecule has 3 N–H and O–H groups in total. The zero-order chi connectivity index (χ0) is 17.1. The van der Waals surface area contributed by atoms with Crippen LogP contribution in [-0.4, -0.2) is 48.9 Å². The molecule has 0 spiro atoms. The lowest BCUT2D eigenvalue weighted by Gasteiger charge is -2.32. The molecule has 0 amide bonds. The molecule has 0 saturated carbocycles. The van der Waals surface area contributed by atoms with Gasteiger partial charge >= 0.3 is 0 Å². The Labute approximate surface area is 142 Å². The molecule has 6 heteroatoms. The number of rotatable bonds is 5. The molecule has 3 rings (SSSR count). The van der Waals surface area contributed by atoms with Gasteiger partial charge in [0.2, 0.25) is 0 Å². The van der Waals surface area contributed by atoms with E-state index in [0.29, 0.717) is 6.04 Å². The van der Waals surface area contributed by atoms with Crippen LogP contribution in [0.5, 0.6) is 0 Å². The Balaban J connectivity index is 1.67. The Bertz CT molecular complexity index is 673. The molecule has 24 heavy (non-hydrogen) atoms. The van der Waals surface area contributed by atoms with E-state index in [9.17, 15) is 0 Å². The summed E-state index contributed by atoms with van der Waals surface area (Å²) in [5.74, 6) is 0.813. The molecule has 2 heterocycles. The normalized spacial score (nSPS) is 17.0. The van der Waals surface area contributed by atoms with Crippen molar-refractivity contribution < 1.29 is 9.26 Å². The second-order valence-corrected chi connectivity index (χ2v) is 6.38. The largest absolute Gasteiger partial charge is 0.397 e. The van der Waals surface area contributed by atoms with Crippen LogP contribution in [0.1, 0.15) is 18.4 Å². The van der Waals surface area contributed by atoms with Crippen LogP contribution < -0.4 is 11.1 Å². The minimum Gasteiger partial charge on any atom is -0.397 e. The summed E-state index contributed by atoms with van der Waals surface area (Å²) in [5.41, 5.74) is 10.9. The Morgan fingerprint density at radius 1 is 1.29 bits per heavy atom. The zero-order valence-electron chi connectivity index (χ0n) is 14.6. The van der Waals surface area contributed by atoms with E-state index in [0.717, 1.165) is 66.8 Å². The third kappa shape index (κ3) is 3.55. The van der Waals surface area contributed by atoms with Gasteiger partial charge in [0.05, 0.1) is 30.3 Å². The maximum atomic E-state index is 6.25. The number of nitrogens with zero attached hydrogens (tertiary/aromatic N) is 2. The van der Waals surface area contributed by atoms with E-state index < -0.39 is 0 Å². The number of ether oxygens (including phenoxy) is 1. The van der Waals surface area contributed by atoms with Gasteiger partial charge in [-0.1, -0.05) is 11.2 Å². The average molecular weight is 330 g/mol. The highest BCUT2D eigenvalue weighted by atomic mass is 16.5. The highest BCUT2D eigenvalue weighted by Crippen LogP contribution is 2.31. The number of aryl methyl sites for hydroxylation is 2. The van der Waals surface area contributed by atoms with Crippen molar-refractivity contribution in [1.29, 1.82) is 0 Å². The quantitative estimate of drug-likeness (QED) is 0.821. The second-order valence-electron chi connectivity index (χ2n) is 6.38. The van der Waals surface area contributed by atoms with Gasteiger partial charge in [-0.25, -0.2) is 0 Å². The molecular weight excluding hydrogens is 304 g/mol. The number of benzene rings is 1. The summed E-state index contributed by atoms with van der Waals surface area (Å²) in [6.45, 7) is 10.6. The third-order valence-corrected chi connectivity index (χ3v) is 4.63. The Kier molecular flexibility index (Phi) is 5.06. The molecule has 2 aromatic rings. The number of hydrogen-bond donors (Lipinski definition) is 2. The molecule has 0 bridgehead atoms. The van der Waals surface area contributed by atoms with Gasteiger partial charge in [0, 0.05) is 31.2 Å². The van der Waals surface area contributed by atoms with Gasteiger partial charge in [-0.05, 0) is 38.5 Å². The van der Waals surface area contributed by atoms with Gasteiger partial charge in [0.1, 0.15) is 5.76 Å². The molecule has 1 saturated heterocycles. The van der Waals surface area contributed by atoms with Crippen LogP contribution in [-0.2, 0) is 4.74 Å². The second kappa shape index (κ2) is 7.23. The lowest BCUT2D eigenvalue weighted by Crippen LogP contribution is -2.45. The van der Waals surface area contributed by atoms with E-state index in [1.165, 1.54) is 0 Å². The number of anilines is 2. The first kappa shape index (κ1) is 16.8. The SMILES string of the molecule is Cc1noc(C)c1-c1ccc(NC[C@H](C)N2CCOCC2)c(N)c1. The van der Waals surface area contributed by atoms with Crippen LogP contribution in [0, 0.1) is 13.8 Å². The summed E-state index contributed by atoms with van der Waals surface area (Å²) < 4.78 is 10.6. The predicted molar refractivity (Wildman–Crippen MR) is 96.2 cm³/mol. The maximum absolute atomic E-state index is 6.25. The molecule has 1 fully saturated rings. The Hall–Kier alpha value is -2.05. The lowest BCUT2D eigenvalue weighted by molar-refractivity contribution is 0.0227. The molecular formula is C18H26N4O2. The van der Waals surface area contributed by atoms with Crippen molar-refractivity contribution in [3.63, 3.8) is 0 Å². The maximum Gasteiger partial charge on any atom is 0.141 e. The Morgan fingerprint density at radius 3 is 2.67 bits per heavy atom. The van der Waals surface area contributed by atoms with E-state index in [2.05, 4.69) is 28.4 Å². The predicted octanol–water partition coefficient (Wildman–Crippen LogP) is 2.67. The summed E-state index contributed by atoms with van der Waals surface area (Å²) in [4.78, 5) is 2.44. The van der Waals surface area contributed by atoms with E-state index in [1.807, 2.05) is 26.0 Å². The molecule has 6 nitrogen and oxygen atoms in total. The molecule has 1 aliphatic rings. The summed E-state index contributed by atoms with van der Waals surface area (Å²) in [6.07, 6.45) is 0. The molecule has 1 aromatic carbocycles. The molecule has 130 valence electrons. The van der Waals surface area contributed by atoms with Crippen molar-refractivity contribution in [2.24, 2.45) is 0 Å². The molecule has 1 aromatic heterocycles. The lowest BCUT2D eigenvalue weighted by atomic mass is 10.0. The van der Waals surface area contributed by atoms with Crippen molar-refractivity contribution in [2.45, 2.75) is 26.8 Å². The molecule has 1 atom stereocenters. The monoisotopic (exact) mass is 330 g/mol. The third-order valence-electron chi connectivity index (χ3n) is 4.63. The van der Waals surface area contributed by atoms with E-state index in [-0.39, 0.29) is 0 Å². The van der Waals surface area contributed by atoms with Crippen LogP contribution >= 0.6 is 0 Å². The fourth-order valence-corrected chi connectivity index (χ4v) is 3.18. The van der Waals surface area contributed by atoms with Crippen LogP contribution in [0.15, 0.2) is 22.7 Å². The van der Waals surface area contributed by atoms with Crippen molar-refractivity contribution >= 4 is 11.4 Å². The van der Waals surface area contributed by atoms with Crippen LogP contribution in [0.4, 0.5) is 11.4 Å². The highest BCUT2D eigenvalue weighted by Gasteiger charge is 2.17. The van der Waals surface area contributed by atoms with Crippen LogP contribution in [0.2, 0.25) is 0 Å². The summed E-state index contributed by atoms with van der Waals surface area (Å²) in [7, 11) is 0. The van der Waals surface area contributed by atoms with E-state index in [1.54, 1.807) is 0 Å². The van der Waals surface area contributed by atoms with Crippen LogP contribution in [0.25, 0.3) is 11.1 Å². The van der Waals surface area contributed by atoms with Gasteiger partial charge in [-0.15, -0.1) is 0 Å². The first-order valence-corrected chi connectivity index (χ1v) is 8.44. The molecule has 0 unspecified atom stereocenters. The van der Waals surface area contributed by atoms with Gasteiger partial charge in [-0.3, -0.25) is 4.90 Å². The smallest absolute Gasteiger partial charge is 0.141 e. The van der Waals surface area contributed by atoms with Crippen molar-refractivity contribution in [1.82, 2.24) is 10.1 Å². The van der Waals surface area contributed by atoms with E-state index >= 15 is 0 Å². The standard InChI is InChI=1S/C18H26N4O2/c1-12(22-6-8-23-9-7-22)11-20-17-5-4-15(10-16(17)19)18-13(2)21-24-14(18)3/h4-5,10,12,20H,6-9,11,19H2,1-3H3/t12-/m0/s1. The highest BCUT2D eigenvalue weighted by molar-refractivity contribution is 5.77. The number of aromatic nitrogens is 1. The first-order chi connectivity index (χ1) is 11.6. The molecule has 0 aliphatic carbocycles. The fraction of sp³-hybridized carbons (Fsp3) is 0.500. The number of nitrogen functional groups attached to an aromatic ring is 1. The molecule has 1 aliphatic heterocycles. The fourth-order valence-electron chi connectivity index (χ4n) is 3.18. The summed E-state index contributed by atoms with van der Waals surface area (Å²) >= 11 is 0. The minimum atomic E-state index is 0.440. The first-order valence-electron chi connectivity index (χ1n) is 8.44. The van der Waals surface area contributed by atoms with Gasteiger partial charge in [0.25, 0.3) is 0 Å². The Morgan fingerprint density at radius 2 is 2.04 bits per heavy atom. The summed E-state index contributed by atoms with van der Waals surface area (Å²) in [6, 6.07) is 6.51. The molecule has 0 radical (unpaired) electrons. The number of nitrogens with two attached hydrogens (primary N) is 1. The van der Waals surface area contributed by atoms with Gasteiger partial charge < -0.3 is 20.3 Å². The van der Waals surface area contributed by atoms with E-state index in [4.69, 9.17) is 15.0 Å². The minimum absolute atomic E-state index is 0.440. The van der Waals surface area contributed by atoms with Crippen LogP contribution in [0.3, 0.4) is 0 Å². The van der Waals surface area contributed by atoms with Crippen molar-refractivity contribution in [2.75, 3.05) is 43.9 Å². The van der Waals surface area contributed by atoms with Crippen molar-refractivity contribution in [3.8, 4) is 11.1 Å². The number of morpholine rings is 1. The number of nitrogens with one attached hydrogen (secondary N) is 1.